The molecule has 0 aliphatic heterocycles. The summed E-state index contributed by atoms with van der Waals surface area (Å²) in [5.74, 6) is 0. The molecule has 0 spiro atoms. The van der Waals surface area contributed by atoms with Crippen molar-refractivity contribution < 1.29 is 0 Å². The zero-order valence-electron chi connectivity index (χ0n) is 11.9. The van der Waals surface area contributed by atoms with Gasteiger partial charge in [0.25, 0.3) is 0 Å². The van der Waals surface area contributed by atoms with Crippen molar-refractivity contribution in [2.45, 2.75) is 26.2 Å². The highest BCUT2D eigenvalue weighted by Gasteiger charge is 2.12. The van der Waals surface area contributed by atoms with Gasteiger partial charge in [-0.2, -0.15) is 0 Å². The standard InChI is InChI=1S/C18H20Si/c1-18(2,3)16-11-9-15(10-12-16)13-14-19-17-7-5-4-6-8-17/h4-14H,1-3H3/b14-13+. The molecule has 19 heavy (non-hydrogen) atoms. The van der Waals surface area contributed by atoms with E-state index in [9.17, 15) is 0 Å². The van der Waals surface area contributed by atoms with Crippen LogP contribution in [-0.2, 0) is 5.41 Å². The number of hydrogen-bond acceptors (Lipinski definition) is 0. The lowest BCUT2D eigenvalue weighted by Gasteiger charge is -2.18. The Hall–Kier alpha value is -1.60. The van der Waals surface area contributed by atoms with Gasteiger partial charge in [0, 0.05) is 0 Å². The molecule has 0 aliphatic carbocycles. The molecule has 0 unspecified atom stereocenters. The quantitative estimate of drug-likeness (QED) is 0.736. The highest BCUT2D eigenvalue weighted by molar-refractivity contribution is 6.59. The van der Waals surface area contributed by atoms with Gasteiger partial charge in [0.05, 0.1) is 0 Å². The van der Waals surface area contributed by atoms with Crippen LogP contribution in [0.2, 0.25) is 0 Å². The molecule has 0 fully saturated rings. The Kier molecular flexibility index (Phi) is 4.38. The maximum absolute atomic E-state index is 2.25. The second kappa shape index (κ2) is 6.03. The third-order valence-electron chi connectivity index (χ3n) is 3.08. The smallest absolute Gasteiger partial charge is 0.0927 e. The molecule has 0 aromatic heterocycles. The fourth-order valence-electron chi connectivity index (χ4n) is 1.86. The fourth-order valence-corrected chi connectivity index (χ4v) is 2.72. The van der Waals surface area contributed by atoms with Gasteiger partial charge in [0.15, 0.2) is 0 Å². The van der Waals surface area contributed by atoms with Gasteiger partial charge in [-0.3, -0.25) is 0 Å². The Bertz CT molecular complexity index is 530. The average Bonchev–Trinajstić information content (AvgIpc) is 2.39. The van der Waals surface area contributed by atoms with Crippen LogP contribution >= 0.6 is 0 Å². The van der Waals surface area contributed by atoms with Crippen molar-refractivity contribution >= 4 is 20.8 Å². The third-order valence-corrected chi connectivity index (χ3v) is 4.08. The van der Waals surface area contributed by atoms with Crippen molar-refractivity contribution in [3.63, 3.8) is 0 Å². The molecule has 0 N–H and O–H groups in total. The van der Waals surface area contributed by atoms with Gasteiger partial charge < -0.3 is 0 Å². The first-order chi connectivity index (χ1) is 9.05. The summed E-state index contributed by atoms with van der Waals surface area (Å²) >= 11 is 0. The van der Waals surface area contributed by atoms with Crippen LogP contribution in [0.4, 0.5) is 0 Å². The van der Waals surface area contributed by atoms with E-state index in [1.54, 1.807) is 0 Å². The molecule has 0 bridgehead atoms. The average molecular weight is 264 g/mol. The minimum Gasteiger partial charge on any atom is -0.0927 e. The largest absolute Gasteiger partial charge is 0.111 e. The van der Waals surface area contributed by atoms with E-state index in [1.165, 1.54) is 16.3 Å². The molecule has 1 heteroatoms. The van der Waals surface area contributed by atoms with E-state index in [0.717, 1.165) is 9.52 Å². The van der Waals surface area contributed by atoms with Crippen molar-refractivity contribution in [3.8, 4) is 0 Å². The molecule has 96 valence electrons. The summed E-state index contributed by atoms with van der Waals surface area (Å²) in [7, 11) is 0.736. The van der Waals surface area contributed by atoms with Gasteiger partial charge in [0.2, 0.25) is 0 Å². The Labute approximate surface area is 119 Å². The van der Waals surface area contributed by atoms with E-state index >= 15 is 0 Å². The first kappa shape index (κ1) is 13.8. The SMILES string of the molecule is CC(C)(C)c1ccc(/C=C/[Si]c2ccccc2)cc1. The van der Waals surface area contributed by atoms with Gasteiger partial charge in [-0.15, -0.1) is 0 Å². The minimum absolute atomic E-state index is 0.230. The van der Waals surface area contributed by atoms with Crippen LogP contribution in [-0.4, -0.2) is 9.52 Å². The highest BCUT2D eigenvalue weighted by atomic mass is 28.2. The lowest BCUT2D eigenvalue weighted by molar-refractivity contribution is 0.590. The van der Waals surface area contributed by atoms with Crippen molar-refractivity contribution in [2.75, 3.05) is 0 Å². The van der Waals surface area contributed by atoms with Crippen LogP contribution in [0.1, 0.15) is 31.9 Å². The molecular weight excluding hydrogens is 244 g/mol. The lowest BCUT2D eigenvalue weighted by atomic mass is 9.87. The van der Waals surface area contributed by atoms with Crippen molar-refractivity contribution in [3.05, 3.63) is 71.4 Å². The molecule has 0 saturated carbocycles. The van der Waals surface area contributed by atoms with Crippen molar-refractivity contribution in [2.24, 2.45) is 0 Å². The van der Waals surface area contributed by atoms with Gasteiger partial charge in [-0.1, -0.05) is 92.3 Å². The van der Waals surface area contributed by atoms with Crippen LogP contribution in [0, 0.1) is 0 Å². The molecule has 2 radical (unpaired) electrons. The Morgan fingerprint density at radius 1 is 0.842 bits per heavy atom. The van der Waals surface area contributed by atoms with Crippen molar-refractivity contribution in [1.82, 2.24) is 0 Å². The highest BCUT2D eigenvalue weighted by Crippen LogP contribution is 2.22. The summed E-state index contributed by atoms with van der Waals surface area (Å²) in [6.45, 7) is 6.73. The van der Waals surface area contributed by atoms with E-state index in [2.05, 4.69) is 87.1 Å². The Morgan fingerprint density at radius 2 is 1.47 bits per heavy atom. The molecule has 2 aromatic rings. The molecule has 0 aliphatic rings. The number of rotatable bonds is 3. The number of hydrogen-bond donors (Lipinski definition) is 0. The van der Waals surface area contributed by atoms with E-state index in [1.807, 2.05) is 0 Å². The predicted octanol–water partition coefficient (Wildman–Crippen LogP) is 3.98. The van der Waals surface area contributed by atoms with Gasteiger partial charge in [0.1, 0.15) is 9.52 Å². The Balaban J connectivity index is 2.00. The predicted molar refractivity (Wildman–Crippen MR) is 86.0 cm³/mol. The van der Waals surface area contributed by atoms with Crippen molar-refractivity contribution in [1.29, 1.82) is 0 Å². The van der Waals surface area contributed by atoms with Crippen LogP contribution < -0.4 is 5.19 Å². The van der Waals surface area contributed by atoms with Gasteiger partial charge in [-0.25, -0.2) is 0 Å². The van der Waals surface area contributed by atoms with Crippen LogP contribution in [0.3, 0.4) is 0 Å². The monoisotopic (exact) mass is 264 g/mol. The van der Waals surface area contributed by atoms with E-state index < -0.39 is 0 Å². The normalized spacial score (nSPS) is 11.9. The second-order valence-electron chi connectivity index (χ2n) is 5.72. The Morgan fingerprint density at radius 3 is 2.05 bits per heavy atom. The summed E-state index contributed by atoms with van der Waals surface area (Å²) in [6, 6.07) is 19.4. The van der Waals surface area contributed by atoms with E-state index in [4.69, 9.17) is 0 Å². The maximum Gasteiger partial charge on any atom is 0.111 e. The van der Waals surface area contributed by atoms with Gasteiger partial charge in [-0.05, 0) is 16.5 Å². The van der Waals surface area contributed by atoms with Gasteiger partial charge >= 0.3 is 0 Å². The zero-order chi connectivity index (χ0) is 13.7. The molecule has 0 nitrogen and oxygen atoms in total. The third kappa shape index (κ3) is 4.21. The lowest BCUT2D eigenvalue weighted by Crippen LogP contribution is -2.10. The second-order valence-corrected chi connectivity index (χ2v) is 6.92. The molecule has 0 heterocycles. The molecule has 2 rings (SSSR count). The first-order valence-corrected chi connectivity index (χ1v) is 7.72. The van der Waals surface area contributed by atoms with Crippen LogP contribution in [0.15, 0.2) is 60.3 Å². The number of benzene rings is 2. The fraction of sp³-hybridized carbons (Fsp3) is 0.222. The summed E-state index contributed by atoms with van der Waals surface area (Å²) in [5, 5.41) is 1.38. The van der Waals surface area contributed by atoms with E-state index in [0.29, 0.717) is 0 Å². The minimum atomic E-state index is 0.230. The summed E-state index contributed by atoms with van der Waals surface area (Å²) in [5.41, 5.74) is 5.14. The summed E-state index contributed by atoms with van der Waals surface area (Å²) < 4.78 is 0. The molecule has 2 aromatic carbocycles. The molecule has 0 atom stereocenters. The summed E-state index contributed by atoms with van der Waals surface area (Å²) in [6.07, 6.45) is 2.21. The molecular formula is C18H20Si. The molecule has 0 saturated heterocycles. The topological polar surface area (TPSA) is 0 Å². The summed E-state index contributed by atoms with van der Waals surface area (Å²) in [4.78, 5) is 0. The first-order valence-electron chi connectivity index (χ1n) is 6.64. The zero-order valence-corrected chi connectivity index (χ0v) is 12.9. The molecule has 0 amide bonds. The van der Waals surface area contributed by atoms with E-state index in [-0.39, 0.29) is 5.41 Å². The van der Waals surface area contributed by atoms with Crippen LogP contribution in [0.5, 0.6) is 0 Å². The maximum atomic E-state index is 2.25. The van der Waals surface area contributed by atoms with Crippen LogP contribution in [0.25, 0.3) is 6.08 Å².